The molecular weight excluding hydrogens is 398 g/mol. The van der Waals surface area contributed by atoms with Gasteiger partial charge in [-0.3, -0.25) is 0 Å². The molecule has 21 heavy (non-hydrogen) atoms. The average Bonchev–Trinajstić information content (AvgIpc) is 2.42. The van der Waals surface area contributed by atoms with Gasteiger partial charge in [-0.05, 0) is 87.2 Å². The summed E-state index contributed by atoms with van der Waals surface area (Å²) in [5, 5.41) is 12.8. The maximum atomic E-state index is 9.42. The lowest BCUT2D eigenvalue weighted by molar-refractivity contribution is 0.336. The summed E-state index contributed by atoms with van der Waals surface area (Å²) in [7, 11) is 0. The van der Waals surface area contributed by atoms with Gasteiger partial charge < -0.3 is 15.2 Å². The Morgan fingerprint density at radius 1 is 1.14 bits per heavy atom. The monoisotopic (exact) mass is 413 g/mol. The van der Waals surface area contributed by atoms with Crippen molar-refractivity contribution in [2.75, 3.05) is 11.9 Å². The highest BCUT2D eigenvalue weighted by Gasteiger charge is 2.09. The maximum absolute atomic E-state index is 9.42. The fraction of sp³-hybridized carbons (Fsp3) is 0.250. The molecule has 2 aromatic rings. The second kappa shape index (κ2) is 7.18. The molecule has 0 heterocycles. The zero-order chi connectivity index (χ0) is 15.4. The standard InChI is InChI=1S/C16H17Br2NO2/c1-3-21-16-13(17)7-11(8-14(16)18)9-19-15-5-4-12(20)6-10(15)2/h4-8,19-20H,3,9H2,1-2H3. The minimum Gasteiger partial charge on any atom is -0.508 e. The van der Waals surface area contributed by atoms with E-state index in [1.54, 1.807) is 12.1 Å². The van der Waals surface area contributed by atoms with Crippen LogP contribution in [0.1, 0.15) is 18.1 Å². The summed E-state index contributed by atoms with van der Waals surface area (Å²) in [5.41, 5.74) is 3.15. The highest BCUT2D eigenvalue weighted by molar-refractivity contribution is 9.11. The van der Waals surface area contributed by atoms with E-state index in [0.29, 0.717) is 13.2 Å². The zero-order valence-electron chi connectivity index (χ0n) is 11.9. The van der Waals surface area contributed by atoms with Crippen LogP contribution in [-0.2, 0) is 6.54 Å². The van der Waals surface area contributed by atoms with E-state index in [0.717, 1.165) is 31.5 Å². The molecule has 0 aliphatic carbocycles. The Morgan fingerprint density at radius 3 is 2.38 bits per heavy atom. The van der Waals surface area contributed by atoms with E-state index in [2.05, 4.69) is 37.2 Å². The number of phenols is 1. The lowest BCUT2D eigenvalue weighted by Gasteiger charge is -2.13. The van der Waals surface area contributed by atoms with Crippen LogP contribution < -0.4 is 10.1 Å². The minimum atomic E-state index is 0.282. The number of rotatable bonds is 5. The second-order valence-electron chi connectivity index (χ2n) is 4.67. The van der Waals surface area contributed by atoms with E-state index in [-0.39, 0.29) is 5.75 Å². The third-order valence-electron chi connectivity index (χ3n) is 3.04. The van der Waals surface area contributed by atoms with E-state index in [1.165, 1.54) is 0 Å². The third kappa shape index (κ3) is 4.14. The van der Waals surface area contributed by atoms with Gasteiger partial charge in [0, 0.05) is 12.2 Å². The van der Waals surface area contributed by atoms with Crippen molar-refractivity contribution in [2.24, 2.45) is 0 Å². The first kappa shape index (κ1) is 16.2. The molecule has 0 radical (unpaired) electrons. The summed E-state index contributed by atoms with van der Waals surface area (Å²) in [4.78, 5) is 0. The van der Waals surface area contributed by atoms with Gasteiger partial charge in [0.05, 0.1) is 15.6 Å². The molecule has 2 aromatic carbocycles. The molecule has 0 unspecified atom stereocenters. The number of phenolic OH excluding ortho intramolecular Hbond substituents is 1. The molecule has 0 bridgehead atoms. The number of aryl methyl sites for hydroxylation is 1. The van der Waals surface area contributed by atoms with Gasteiger partial charge in [-0.15, -0.1) is 0 Å². The molecule has 0 fully saturated rings. The number of benzene rings is 2. The molecule has 112 valence electrons. The van der Waals surface area contributed by atoms with Crippen LogP contribution >= 0.6 is 31.9 Å². The number of nitrogens with one attached hydrogen (secondary N) is 1. The Hall–Kier alpha value is -1.20. The molecule has 0 aliphatic rings. The summed E-state index contributed by atoms with van der Waals surface area (Å²) in [6, 6.07) is 9.38. The van der Waals surface area contributed by atoms with Gasteiger partial charge in [0.25, 0.3) is 0 Å². The summed E-state index contributed by atoms with van der Waals surface area (Å²) >= 11 is 7.07. The van der Waals surface area contributed by atoms with Crippen molar-refractivity contribution in [1.82, 2.24) is 0 Å². The van der Waals surface area contributed by atoms with Crippen LogP contribution in [0, 0.1) is 6.92 Å². The third-order valence-corrected chi connectivity index (χ3v) is 4.22. The van der Waals surface area contributed by atoms with Gasteiger partial charge in [-0.1, -0.05) is 0 Å². The van der Waals surface area contributed by atoms with Crippen LogP contribution in [-0.4, -0.2) is 11.7 Å². The number of ether oxygens (including phenoxy) is 1. The Bertz CT molecular complexity index is 621. The fourth-order valence-corrected chi connectivity index (χ4v) is 3.55. The van der Waals surface area contributed by atoms with E-state index in [1.807, 2.05) is 32.0 Å². The van der Waals surface area contributed by atoms with Gasteiger partial charge in [0.15, 0.2) is 0 Å². The molecule has 2 N–H and O–H groups in total. The Labute approximate surface area is 141 Å². The summed E-state index contributed by atoms with van der Waals surface area (Å²) in [6.07, 6.45) is 0. The van der Waals surface area contributed by atoms with E-state index in [4.69, 9.17) is 4.74 Å². The van der Waals surface area contributed by atoms with Gasteiger partial charge in [0.2, 0.25) is 0 Å². The number of halogens is 2. The smallest absolute Gasteiger partial charge is 0.147 e. The van der Waals surface area contributed by atoms with Gasteiger partial charge >= 0.3 is 0 Å². The van der Waals surface area contributed by atoms with Crippen LogP contribution in [0.25, 0.3) is 0 Å². The van der Waals surface area contributed by atoms with Crippen molar-refractivity contribution in [2.45, 2.75) is 20.4 Å². The average molecular weight is 415 g/mol. The lowest BCUT2D eigenvalue weighted by atomic mass is 10.1. The first-order valence-electron chi connectivity index (χ1n) is 6.65. The first-order valence-corrected chi connectivity index (χ1v) is 8.24. The SMILES string of the molecule is CCOc1c(Br)cc(CNc2ccc(O)cc2C)cc1Br. The summed E-state index contributed by atoms with van der Waals surface area (Å²) < 4.78 is 7.43. The summed E-state index contributed by atoms with van der Waals surface area (Å²) in [5.74, 6) is 1.10. The molecule has 0 atom stereocenters. The van der Waals surface area contributed by atoms with Crippen molar-refractivity contribution < 1.29 is 9.84 Å². The number of aromatic hydroxyl groups is 1. The highest BCUT2D eigenvalue weighted by atomic mass is 79.9. The Morgan fingerprint density at radius 2 is 1.81 bits per heavy atom. The predicted molar refractivity (Wildman–Crippen MR) is 93.2 cm³/mol. The van der Waals surface area contributed by atoms with Crippen molar-refractivity contribution in [3.63, 3.8) is 0 Å². The number of anilines is 1. The molecular formula is C16H17Br2NO2. The van der Waals surface area contributed by atoms with E-state index < -0.39 is 0 Å². The first-order chi connectivity index (χ1) is 10.0. The minimum absolute atomic E-state index is 0.282. The Balaban J connectivity index is 2.13. The van der Waals surface area contributed by atoms with Gasteiger partial charge in [-0.2, -0.15) is 0 Å². The molecule has 0 saturated heterocycles. The second-order valence-corrected chi connectivity index (χ2v) is 6.38. The largest absolute Gasteiger partial charge is 0.508 e. The Kier molecular flexibility index (Phi) is 5.53. The van der Waals surface area contributed by atoms with Gasteiger partial charge in [0.1, 0.15) is 11.5 Å². The normalized spacial score (nSPS) is 10.5. The van der Waals surface area contributed by atoms with Crippen molar-refractivity contribution in [3.05, 3.63) is 50.4 Å². The summed E-state index contributed by atoms with van der Waals surface area (Å²) in [6.45, 7) is 5.24. The highest BCUT2D eigenvalue weighted by Crippen LogP contribution is 2.35. The maximum Gasteiger partial charge on any atom is 0.147 e. The van der Waals surface area contributed by atoms with Crippen LogP contribution in [0.2, 0.25) is 0 Å². The zero-order valence-corrected chi connectivity index (χ0v) is 15.1. The molecule has 3 nitrogen and oxygen atoms in total. The van der Waals surface area contributed by atoms with Gasteiger partial charge in [-0.25, -0.2) is 0 Å². The van der Waals surface area contributed by atoms with E-state index in [9.17, 15) is 5.11 Å². The molecule has 0 aliphatic heterocycles. The topological polar surface area (TPSA) is 41.5 Å². The van der Waals surface area contributed by atoms with E-state index >= 15 is 0 Å². The molecule has 0 amide bonds. The predicted octanol–water partition coefficient (Wildman–Crippen LogP) is 5.24. The molecule has 0 saturated carbocycles. The lowest BCUT2D eigenvalue weighted by Crippen LogP contribution is -2.02. The number of hydrogen-bond acceptors (Lipinski definition) is 3. The van der Waals surface area contributed by atoms with Crippen LogP contribution in [0.3, 0.4) is 0 Å². The molecule has 2 rings (SSSR count). The van der Waals surface area contributed by atoms with Crippen molar-refractivity contribution in [3.8, 4) is 11.5 Å². The quantitative estimate of drug-likeness (QED) is 0.657. The van der Waals surface area contributed by atoms with Crippen LogP contribution in [0.15, 0.2) is 39.3 Å². The van der Waals surface area contributed by atoms with Crippen molar-refractivity contribution >= 4 is 37.5 Å². The molecule has 5 heteroatoms. The fourth-order valence-electron chi connectivity index (χ4n) is 2.04. The van der Waals surface area contributed by atoms with Crippen LogP contribution in [0.4, 0.5) is 5.69 Å². The van der Waals surface area contributed by atoms with Crippen LogP contribution in [0.5, 0.6) is 11.5 Å². The number of hydrogen-bond donors (Lipinski definition) is 2. The molecule has 0 aromatic heterocycles. The molecule has 0 spiro atoms. The van der Waals surface area contributed by atoms with Crippen molar-refractivity contribution in [1.29, 1.82) is 0 Å².